The fourth-order valence-corrected chi connectivity index (χ4v) is 3.67. The Morgan fingerprint density at radius 1 is 1.33 bits per heavy atom. The maximum Gasteiger partial charge on any atom is 0.276 e. The number of nitrogens with two attached hydrogens (primary N) is 1. The van der Waals surface area contributed by atoms with Gasteiger partial charge in [0, 0.05) is 0 Å². The highest BCUT2D eigenvalue weighted by molar-refractivity contribution is 5.97. The lowest BCUT2D eigenvalue weighted by atomic mass is 10.0. The van der Waals surface area contributed by atoms with Gasteiger partial charge in [0.1, 0.15) is 23.4 Å². The Balaban J connectivity index is 2.18. The van der Waals surface area contributed by atoms with Crippen LogP contribution in [-0.2, 0) is 5.66 Å². The Labute approximate surface area is 157 Å². The number of anilines is 3. The van der Waals surface area contributed by atoms with Crippen molar-refractivity contribution in [3.8, 4) is 5.75 Å². The maximum absolute atomic E-state index is 13.3. The summed E-state index contributed by atoms with van der Waals surface area (Å²) in [5, 5.41) is 6.01. The first-order valence-corrected chi connectivity index (χ1v) is 8.89. The normalized spacial score (nSPS) is 18.1. The van der Waals surface area contributed by atoms with Crippen LogP contribution in [0, 0.1) is 6.92 Å². The zero-order valence-corrected chi connectivity index (χ0v) is 15.9. The van der Waals surface area contributed by atoms with Crippen molar-refractivity contribution >= 4 is 23.2 Å². The summed E-state index contributed by atoms with van der Waals surface area (Å²) in [6, 6.07) is 1.64. The highest BCUT2D eigenvalue weighted by Gasteiger charge is 2.42. The number of methoxy groups -OCH3 is 1. The van der Waals surface area contributed by atoms with Gasteiger partial charge >= 0.3 is 0 Å². The van der Waals surface area contributed by atoms with Gasteiger partial charge in [0.2, 0.25) is 5.75 Å². The van der Waals surface area contributed by atoms with Crippen LogP contribution in [0.1, 0.15) is 49.2 Å². The van der Waals surface area contributed by atoms with Gasteiger partial charge in [0.15, 0.2) is 11.6 Å². The second-order valence-electron chi connectivity index (χ2n) is 6.59. The molecule has 1 unspecified atom stereocenters. The predicted molar refractivity (Wildman–Crippen MR) is 102 cm³/mol. The zero-order valence-electron chi connectivity index (χ0n) is 15.9. The minimum absolute atomic E-state index is 0.165. The van der Waals surface area contributed by atoms with Gasteiger partial charge in [-0.05, 0) is 31.4 Å². The molecule has 0 fully saturated rings. The summed E-state index contributed by atoms with van der Waals surface area (Å²) in [7, 11) is 1.45. The summed E-state index contributed by atoms with van der Waals surface area (Å²) in [5.74, 6) is 0.482. The van der Waals surface area contributed by atoms with Crippen molar-refractivity contribution < 1.29 is 9.53 Å². The largest absolute Gasteiger partial charge is 0.490 e. The first kappa shape index (κ1) is 18.7. The van der Waals surface area contributed by atoms with E-state index in [2.05, 4.69) is 20.6 Å². The lowest BCUT2D eigenvalue weighted by Crippen LogP contribution is -2.47. The number of nitrogens with one attached hydrogen (secondary N) is 2. The van der Waals surface area contributed by atoms with E-state index >= 15 is 0 Å². The Bertz CT molecular complexity index is 955. The Morgan fingerprint density at radius 3 is 2.70 bits per heavy atom. The Morgan fingerprint density at radius 2 is 2.07 bits per heavy atom. The number of nitrogens with zero attached hydrogens (tertiary/aromatic N) is 3. The average molecular weight is 372 g/mol. The number of carbonyl (C=O) groups is 1. The number of hydrogen-bond acceptors (Lipinski definition) is 7. The van der Waals surface area contributed by atoms with Gasteiger partial charge in [-0.25, -0.2) is 9.97 Å². The van der Waals surface area contributed by atoms with Crippen LogP contribution < -0.4 is 26.7 Å². The monoisotopic (exact) mass is 372 g/mol. The SMILES string of the molecule is CCCC1(CC)NC(=O)c2c(C)cc(Nc3ncnc(N)c3OC)c(=O)n21. The zero-order chi connectivity index (χ0) is 19.8. The fourth-order valence-electron chi connectivity index (χ4n) is 3.67. The fraction of sp³-hybridized carbons (Fsp3) is 0.444. The smallest absolute Gasteiger partial charge is 0.276 e. The number of carbonyl (C=O) groups excluding carboxylic acids is 1. The molecule has 1 atom stereocenters. The Hall–Kier alpha value is -3.10. The third kappa shape index (κ3) is 2.88. The second-order valence-corrected chi connectivity index (χ2v) is 6.59. The van der Waals surface area contributed by atoms with E-state index in [1.54, 1.807) is 17.6 Å². The number of fused-ring (bicyclic) bond motifs is 1. The van der Waals surface area contributed by atoms with E-state index in [9.17, 15) is 9.59 Å². The van der Waals surface area contributed by atoms with Crippen molar-refractivity contribution in [2.45, 2.75) is 45.7 Å². The van der Waals surface area contributed by atoms with E-state index in [1.807, 2.05) is 13.8 Å². The van der Waals surface area contributed by atoms with Crippen molar-refractivity contribution in [1.82, 2.24) is 19.9 Å². The van der Waals surface area contributed by atoms with E-state index < -0.39 is 5.66 Å². The summed E-state index contributed by atoms with van der Waals surface area (Å²) < 4.78 is 6.82. The molecular weight excluding hydrogens is 348 g/mol. The van der Waals surface area contributed by atoms with Crippen molar-refractivity contribution in [2.24, 2.45) is 0 Å². The third-order valence-corrected chi connectivity index (χ3v) is 4.92. The molecule has 0 saturated heterocycles. The lowest BCUT2D eigenvalue weighted by Gasteiger charge is -2.30. The lowest BCUT2D eigenvalue weighted by molar-refractivity contribution is 0.0905. The van der Waals surface area contributed by atoms with Crippen LogP contribution in [0.2, 0.25) is 0 Å². The molecule has 2 aromatic rings. The number of amides is 1. The minimum atomic E-state index is -0.727. The third-order valence-electron chi connectivity index (χ3n) is 4.92. The molecule has 2 aromatic heterocycles. The Kier molecular flexibility index (Phi) is 4.77. The maximum atomic E-state index is 13.3. The summed E-state index contributed by atoms with van der Waals surface area (Å²) in [6.07, 6.45) is 3.38. The molecule has 0 aliphatic carbocycles. The predicted octanol–water partition coefficient (Wildman–Crippen LogP) is 1.89. The number of rotatable bonds is 6. The summed E-state index contributed by atoms with van der Waals surface area (Å²) in [4.78, 5) is 33.8. The molecule has 27 heavy (non-hydrogen) atoms. The quantitative estimate of drug-likeness (QED) is 0.707. The van der Waals surface area contributed by atoms with Crippen LogP contribution >= 0.6 is 0 Å². The average Bonchev–Trinajstić information content (AvgIpc) is 2.93. The molecule has 3 heterocycles. The molecule has 1 aliphatic rings. The number of nitrogen functional groups attached to an aromatic ring is 1. The van der Waals surface area contributed by atoms with Crippen LogP contribution in [-0.4, -0.2) is 27.6 Å². The molecule has 0 radical (unpaired) electrons. The van der Waals surface area contributed by atoms with Gasteiger partial charge in [0.05, 0.1) is 7.11 Å². The molecular formula is C18H24N6O3. The van der Waals surface area contributed by atoms with E-state index in [1.165, 1.54) is 13.4 Å². The number of hydrogen-bond donors (Lipinski definition) is 3. The first-order chi connectivity index (χ1) is 12.9. The van der Waals surface area contributed by atoms with Crippen LogP contribution in [0.5, 0.6) is 5.75 Å². The molecule has 0 spiro atoms. The molecule has 0 aromatic carbocycles. The van der Waals surface area contributed by atoms with E-state index in [4.69, 9.17) is 10.5 Å². The molecule has 9 heteroatoms. The number of aromatic nitrogens is 3. The molecule has 3 rings (SSSR count). The molecule has 1 aliphatic heterocycles. The topological polar surface area (TPSA) is 124 Å². The van der Waals surface area contributed by atoms with E-state index in [0.717, 1.165) is 6.42 Å². The first-order valence-electron chi connectivity index (χ1n) is 8.89. The number of ether oxygens (including phenoxy) is 1. The van der Waals surface area contributed by atoms with Crippen LogP contribution in [0.15, 0.2) is 17.2 Å². The summed E-state index contributed by atoms with van der Waals surface area (Å²) in [5.41, 5.74) is 6.17. The van der Waals surface area contributed by atoms with Crippen LogP contribution in [0.4, 0.5) is 17.3 Å². The van der Waals surface area contributed by atoms with Crippen molar-refractivity contribution in [2.75, 3.05) is 18.2 Å². The van der Waals surface area contributed by atoms with E-state index in [-0.39, 0.29) is 34.5 Å². The molecule has 0 bridgehead atoms. The van der Waals surface area contributed by atoms with Crippen molar-refractivity contribution in [1.29, 1.82) is 0 Å². The highest BCUT2D eigenvalue weighted by Crippen LogP contribution is 2.33. The van der Waals surface area contributed by atoms with E-state index in [0.29, 0.717) is 24.1 Å². The van der Waals surface area contributed by atoms with Gasteiger partial charge in [-0.15, -0.1) is 0 Å². The summed E-state index contributed by atoms with van der Waals surface area (Å²) in [6.45, 7) is 5.79. The van der Waals surface area contributed by atoms with Gasteiger partial charge in [0.25, 0.3) is 11.5 Å². The van der Waals surface area contributed by atoms with Crippen molar-refractivity contribution in [3.63, 3.8) is 0 Å². The van der Waals surface area contributed by atoms with Gasteiger partial charge in [-0.2, -0.15) is 0 Å². The summed E-state index contributed by atoms with van der Waals surface area (Å²) >= 11 is 0. The van der Waals surface area contributed by atoms with Gasteiger partial charge < -0.3 is 21.1 Å². The highest BCUT2D eigenvalue weighted by atomic mass is 16.5. The number of aryl methyl sites for hydroxylation is 1. The van der Waals surface area contributed by atoms with Crippen LogP contribution in [0.25, 0.3) is 0 Å². The molecule has 0 saturated carbocycles. The molecule has 9 nitrogen and oxygen atoms in total. The van der Waals surface area contributed by atoms with Gasteiger partial charge in [-0.3, -0.25) is 14.2 Å². The standard InChI is InChI=1S/C18H24N6O3/c1-5-7-18(6-2)23-16(25)12-10(3)8-11(17(26)24(12)18)22-15-13(27-4)14(19)20-9-21-15/h8-9H,5-7H2,1-4H3,(H,23,25)(H3,19,20,21,22). The molecule has 144 valence electrons. The molecule has 1 amide bonds. The second kappa shape index (κ2) is 6.90. The van der Waals surface area contributed by atoms with Crippen LogP contribution in [0.3, 0.4) is 0 Å². The number of pyridine rings is 1. The minimum Gasteiger partial charge on any atom is -0.490 e. The molecule has 4 N–H and O–H groups in total. The van der Waals surface area contributed by atoms with Crippen molar-refractivity contribution in [3.05, 3.63) is 34.0 Å². The van der Waals surface area contributed by atoms with Gasteiger partial charge in [-0.1, -0.05) is 20.3 Å².